The molecule has 2 aromatic carbocycles. The summed E-state index contributed by atoms with van der Waals surface area (Å²) in [6.45, 7) is 0.0855. The van der Waals surface area contributed by atoms with Crippen LogP contribution in [0.4, 0.5) is 8.78 Å². The smallest absolute Gasteiger partial charge is 0.387 e. The van der Waals surface area contributed by atoms with Gasteiger partial charge in [-0.3, -0.25) is 4.90 Å². The minimum Gasteiger partial charge on any atom is -0.434 e. The number of piperidine rings is 1. The largest absolute Gasteiger partial charge is 0.434 e. The standard InChI is InChI=1S/C24H28F2N4O3/c1-24(32,16-31)19-8-5-11-29(14-19)13-18-9-10-20(12-22(18)33-23(25)26)30-15-21(27-28-30)17-6-3-2-4-7-17/h2-4,6-7,9-10,12,15,19,23,31-32H,5,8,11,13-14,16H2,1H3/t19-,24+/m0/s1. The highest BCUT2D eigenvalue weighted by Crippen LogP contribution is 2.31. The minimum atomic E-state index is -2.96. The number of halogens is 2. The van der Waals surface area contributed by atoms with Crippen LogP contribution in [-0.2, 0) is 6.54 Å². The zero-order valence-corrected chi connectivity index (χ0v) is 18.4. The van der Waals surface area contributed by atoms with Gasteiger partial charge in [-0.25, -0.2) is 4.68 Å². The van der Waals surface area contributed by atoms with Gasteiger partial charge in [-0.05, 0) is 32.4 Å². The van der Waals surface area contributed by atoms with E-state index in [0.29, 0.717) is 30.0 Å². The Morgan fingerprint density at radius 3 is 2.73 bits per heavy atom. The molecule has 0 spiro atoms. The van der Waals surface area contributed by atoms with Crippen molar-refractivity contribution in [2.45, 2.75) is 38.5 Å². The molecule has 3 aromatic rings. The number of aromatic nitrogens is 3. The maximum absolute atomic E-state index is 13.2. The predicted molar refractivity (Wildman–Crippen MR) is 119 cm³/mol. The van der Waals surface area contributed by atoms with Crippen molar-refractivity contribution >= 4 is 0 Å². The summed E-state index contributed by atoms with van der Waals surface area (Å²) in [7, 11) is 0. The Hall–Kier alpha value is -2.88. The van der Waals surface area contributed by atoms with Crippen molar-refractivity contribution in [2.24, 2.45) is 5.92 Å². The van der Waals surface area contributed by atoms with Gasteiger partial charge in [0.2, 0.25) is 0 Å². The molecular formula is C24H28F2N4O3. The summed E-state index contributed by atoms with van der Waals surface area (Å²) in [6.07, 6.45) is 3.40. The molecular weight excluding hydrogens is 430 g/mol. The number of benzene rings is 2. The summed E-state index contributed by atoms with van der Waals surface area (Å²) in [5, 5.41) is 28.2. The van der Waals surface area contributed by atoms with Crippen LogP contribution in [0.3, 0.4) is 0 Å². The number of aliphatic hydroxyl groups is 2. The van der Waals surface area contributed by atoms with E-state index >= 15 is 0 Å². The number of likely N-dealkylation sites (tertiary alicyclic amines) is 1. The second kappa shape index (κ2) is 9.94. The van der Waals surface area contributed by atoms with Gasteiger partial charge >= 0.3 is 6.61 Å². The van der Waals surface area contributed by atoms with E-state index in [2.05, 4.69) is 15.2 Å². The van der Waals surface area contributed by atoms with Gasteiger partial charge in [0.25, 0.3) is 0 Å². The highest BCUT2D eigenvalue weighted by Gasteiger charge is 2.34. The van der Waals surface area contributed by atoms with Gasteiger partial charge in [-0.1, -0.05) is 41.6 Å². The third-order valence-electron chi connectivity index (χ3n) is 6.19. The van der Waals surface area contributed by atoms with Crippen molar-refractivity contribution < 1.29 is 23.7 Å². The highest BCUT2D eigenvalue weighted by molar-refractivity contribution is 5.58. The molecule has 2 atom stereocenters. The Morgan fingerprint density at radius 1 is 1.21 bits per heavy atom. The first-order valence-electron chi connectivity index (χ1n) is 11.0. The van der Waals surface area contributed by atoms with Crippen LogP contribution in [0.15, 0.2) is 54.7 Å². The van der Waals surface area contributed by atoms with Gasteiger partial charge in [-0.2, -0.15) is 8.78 Å². The third kappa shape index (κ3) is 5.55. The van der Waals surface area contributed by atoms with E-state index in [1.807, 2.05) is 30.3 Å². The first-order chi connectivity index (χ1) is 15.9. The van der Waals surface area contributed by atoms with E-state index in [-0.39, 0.29) is 18.3 Å². The maximum atomic E-state index is 13.2. The van der Waals surface area contributed by atoms with Crippen molar-refractivity contribution in [1.29, 1.82) is 0 Å². The van der Waals surface area contributed by atoms with Gasteiger partial charge in [0, 0.05) is 36.2 Å². The molecule has 2 N–H and O–H groups in total. The first-order valence-corrected chi connectivity index (χ1v) is 11.0. The van der Waals surface area contributed by atoms with Gasteiger partial charge in [0.15, 0.2) is 0 Å². The Labute approximate surface area is 191 Å². The summed E-state index contributed by atoms with van der Waals surface area (Å²) in [5.74, 6) is -0.0168. The number of alkyl halides is 2. The Morgan fingerprint density at radius 2 is 2.00 bits per heavy atom. The topological polar surface area (TPSA) is 83.6 Å². The molecule has 1 aromatic heterocycles. The summed E-state index contributed by atoms with van der Waals surface area (Å²) in [4.78, 5) is 2.09. The predicted octanol–water partition coefficient (Wildman–Crippen LogP) is 3.49. The molecule has 33 heavy (non-hydrogen) atoms. The molecule has 1 saturated heterocycles. The normalized spacial score (nSPS) is 18.9. The Kier molecular flexibility index (Phi) is 7.02. The van der Waals surface area contributed by atoms with Gasteiger partial charge < -0.3 is 14.9 Å². The second-order valence-corrected chi connectivity index (χ2v) is 8.67. The first kappa shape index (κ1) is 23.3. The maximum Gasteiger partial charge on any atom is 0.387 e. The monoisotopic (exact) mass is 458 g/mol. The lowest BCUT2D eigenvalue weighted by Gasteiger charge is -2.39. The lowest BCUT2D eigenvalue weighted by molar-refractivity contribution is -0.0702. The quantitative estimate of drug-likeness (QED) is 0.538. The molecule has 1 aliphatic heterocycles. The number of hydrogen-bond acceptors (Lipinski definition) is 6. The van der Waals surface area contributed by atoms with E-state index < -0.39 is 12.2 Å². The highest BCUT2D eigenvalue weighted by atomic mass is 19.3. The van der Waals surface area contributed by atoms with E-state index in [4.69, 9.17) is 4.74 Å². The summed E-state index contributed by atoms with van der Waals surface area (Å²) in [6, 6.07) is 14.6. The number of rotatable bonds is 8. The fourth-order valence-electron chi connectivity index (χ4n) is 4.23. The summed E-state index contributed by atoms with van der Waals surface area (Å²) < 4.78 is 32.7. The van der Waals surface area contributed by atoms with Gasteiger partial charge in [0.05, 0.1) is 24.1 Å². The molecule has 1 fully saturated rings. The fraction of sp³-hybridized carbons (Fsp3) is 0.417. The molecule has 4 rings (SSSR count). The zero-order chi connectivity index (χ0) is 23.4. The van der Waals surface area contributed by atoms with E-state index in [9.17, 15) is 19.0 Å². The Balaban J connectivity index is 1.55. The fourth-order valence-corrected chi connectivity index (χ4v) is 4.23. The second-order valence-electron chi connectivity index (χ2n) is 8.67. The molecule has 1 aliphatic rings. The summed E-state index contributed by atoms with van der Waals surface area (Å²) in [5.41, 5.74) is 1.58. The molecule has 2 heterocycles. The van der Waals surface area contributed by atoms with Crippen molar-refractivity contribution in [2.75, 3.05) is 19.7 Å². The number of hydrogen-bond donors (Lipinski definition) is 2. The van der Waals surface area contributed by atoms with Crippen LogP contribution in [0.25, 0.3) is 16.9 Å². The zero-order valence-electron chi connectivity index (χ0n) is 18.4. The van der Waals surface area contributed by atoms with Crippen LogP contribution in [-0.4, -0.2) is 62.0 Å². The van der Waals surface area contributed by atoms with Gasteiger partial charge in [0.1, 0.15) is 11.4 Å². The molecule has 0 bridgehead atoms. The van der Waals surface area contributed by atoms with Crippen LogP contribution in [0.1, 0.15) is 25.3 Å². The Bertz CT molecular complexity index is 1060. The van der Waals surface area contributed by atoms with E-state index in [1.165, 1.54) is 10.7 Å². The molecule has 0 radical (unpaired) electrons. The van der Waals surface area contributed by atoms with E-state index in [1.54, 1.807) is 25.3 Å². The van der Waals surface area contributed by atoms with Crippen molar-refractivity contribution in [1.82, 2.24) is 19.9 Å². The third-order valence-corrected chi connectivity index (χ3v) is 6.19. The molecule has 9 heteroatoms. The molecule has 0 saturated carbocycles. The van der Waals surface area contributed by atoms with Crippen LogP contribution in [0.2, 0.25) is 0 Å². The molecule has 176 valence electrons. The molecule has 0 aliphatic carbocycles. The van der Waals surface area contributed by atoms with Crippen molar-refractivity contribution in [3.8, 4) is 22.7 Å². The number of nitrogens with zero attached hydrogens (tertiary/aromatic N) is 4. The summed E-state index contributed by atoms with van der Waals surface area (Å²) >= 11 is 0. The van der Waals surface area contributed by atoms with Gasteiger partial charge in [-0.15, -0.1) is 5.10 Å². The van der Waals surface area contributed by atoms with E-state index in [0.717, 1.165) is 24.9 Å². The van der Waals surface area contributed by atoms with Crippen LogP contribution >= 0.6 is 0 Å². The van der Waals surface area contributed by atoms with Crippen LogP contribution in [0.5, 0.6) is 5.75 Å². The molecule has 0 amide bonds. The van der Waals surface area contributed by atoms with Crippen molar-refractivity contribution in [3.63, 3.8) is 0 Å². The van der Waals surface area contributed by atoms with Crippen LogP contribution < -0.4 is 4.74 Å². The minimum absolute atomic E-state index is 0.0790. The molecule has 0 unspecified atom stereocenters. The van der Waals surface area contributed by atoms with Crippen LogP contribution in [0, 0.1) is 5.92 Å². The SMILES string of the molecule is C[C@@](O)(CO)[C@H]1CCCN(Cc2ccc(-n3cc(-c4ccccc4)nn3)cc2OC(F)F)C1. The number of aliphatic hydroxyl groups excluding tert-OH is 1. The lowest BCUT2D eigenvalue weighted by Crippen LogP contribution is -2.47. The average molecular weight is 459 g/mol. The molecule has 7 nitrogen and oxygen atoms in total. The lowest BCUT2D eigenvalue weighted by atomic mass is 9.83. The van der Waals surface area contributed by atoms with Crippen molar-refractivity contribution in [3.05, 3.63) is 60.3 Å². The average Bonchev–Trinajstić information content (AvgIpc) is 3.31. The number of ether oxygens (including phenoxy) is 1.